The molecule has 0 fully saturated rings. The summed E-state index contributed by atoms with van der Waals surface area (Å²) >= 11 is 0. The van der Waals surface area contributed by atoms with E-state index in [4.69, 9.17) is 0 Å². The maximum absolute atomic E-state index is 11.6. The van der Waals surface area contributed by atoms with Gasteiger partial charge in [-0.1, -0.05) is 19.1 Å². The van der Waals surface area contributed by atoms with Gasteiger partial charge < -0.3 is 10.4 Å². The fraction of sp³-hybridized carbons (Fsp3) is 0.500. The molecule has 0 bridgehead atoms. The molecule has 0 saturated carbocycles. The van der Waals surface area contributed by atoms with E-state index in [1.807, 2.05) is 7.05 Å². The van der Waals surface area contributed by atoms with Crippen LogP contribution in [0.2, 0.25) is 0 Å². The molecule has 0 heterocycles. The average Bonchev–Trinajstić information content (AvgIpc) is 2.36. The molecule has 0 aliphatic rings. The Morgan fingerprint density at radius 2 is 1.88 bits per heavy atom. The monoisotopic (exact) mass is 257 g/mol. The molecule has 0 spiro atoms. The Kier molecular flexibility index (Phi) is 5.11. The largest absolute Gasteiger partial charge is 0.388 e. The van der Waals surface area contributed by atoms with Crippen molar-refractivity contribution < 1.29 is 13.5 Å². The third-order valence-electron chi connectivity index (χ3n) is 2.67. The van der Waals surface area contributed by atoms with Gasteiger partial charge in [-0.05, 0) is 37.7 Å². The number of aliphatic hydroxyl groups excluding tert-OH is 1. The van der Waals surface area contributed by atoms with Crippen LogP contribution in [0.15, 0.2) is 29.2 Å². The van der Waals surface area contributed by atoms with Crippen LogP contribution < -0.4 is 5.32 Å². The molecule has 0 radical (unpaired) electrons. The third-order valence-corrected chi connectivity index (χ3v) is 4.42. The van der Waals surface area contributed by atoms with Crippen LogP contribution in [0, 0.1) is 0 Å². The van der Waals surface area contributed by atoms with Crippen molar-refractivity contribution in [2.45, 2.75) is 24.3 Å². The Morgan fingerprint density at radius 1 is 1.29 bits per heavy atom. The smallest absolute Gasteiger partial charge is 0.178 e. The van der Waals surface area contributed by atoms with E-state index >= 15 is 0 Å². The number of benzene rings is 1. The molecule has 0 amide bonds. The van der Waals surface area contributed by atoms with E-state index in [0.29, 0.717) is 11.3 Å². The Morgan fingerprint density at radius 3 is 2.35 bits per heavy atom. The summed E-state index contributed by atoms with van der Waals surface area (Å²) in [6.07, 6.45) is 0.0527. The zero-order chi connectivity index (χ0) is 12.9. The van der Waals surface area contributed by atoms with E-state index < -0.39 is 15.9 Å². The van der Waals surface area contributed by atoms with Crippen molar-refractivity contribution in [3.8, 4) is 0 Å². The Hall–Kier alpha value is -0.910. The molecule has 1 atom stereocenters. The summed E-state index contributed by atoms with van der Waals surface area (Å²) in [6, 6.07) is 6.44. The van der Waals surface area contributed by atoms with E-state index in [-0.39, 0.29) is 5.75 Å². The van der Waals surface area contributed by atoms with Crippen molar-refractivity contribution >= 4 is 9.84 Å². The maximum atomic E-state index is 11.6. The lowest BCUT2D eigenvalue weighted by Crippen LogP contribution is -2.12. The van der Waals surface area contributed by atoms with Gasteiger partial charge in [0.05, 0.1) is 16.8 Å². The first kappa shape index (κ1) is 14.2. The van der Waals surface area contributed by atoms with Gasteiger partial charge in [-0.15, -0.1) is 0 Å². The molecule has 0 aromatic heterocycles. The van der Waals surface area contributed by atoms with Gasteiger partial charge in [0.15, 0.2) is 9.84 Å². The van der Waals surface area contributed by atoms with Crippen molar-refractivity contribution in [2.75, 3.05) is 19.3 Å². The van der Waals surface area contributed by atoms with Crippen LogP contribution in [0.25, 0.3) is 0 Å². The normalized spacial score (nSPS) is 13.6. The number of sulfone groups is 1. The molecule has 0 saturated heterocycles. The van der Waals surface area contributed by atoms with E-state index in [2.05, 4.69) is 5.32 Å². The first-order valence-corrected chi connectivity index (χ1v) is 7.32. The lowest BCUT2D eigenvalue weighted by Gasteiger charge is -2.11. The third kappa shape index (κ3) is 3.80. The Bertz CT molecular complexity index is 439. The second-order valence-electron chi connectivity index (χ2n) is 3.88. The van der Waals surface area contributed by atoms with Gasteiger partial charge in [-0.3, -0.25) is 0 Å². The zero-order valence-corrected chi connectivity index (χ0v) is 11.0. The molecule has 4 nitrogen and oxygen atoms in total. The summed E-state index contributed by atoms with van der Waals surface area (Å²) in [5.74, 6) is 0.0919. The summed E-state index contributed by atoms with van der Waals surface area (Å²) in [7, 11) is -1.33. The lowest BCUT2D eigenvalue weighted by atomic mass is 10.1. The van der Waals surface area contributed by atoms with E-state index in [9.17, 15) is 13.5 Å². The van der Waals surface area contributed by atoms with Crippen LogP contribution in [0.1, 0.15) is 25.0 Å². The number of nitrogens with one attached hydrogen (secondary N) is 1. The van der Waals surface area contributed by atoms with E-state index in [1.54, 1.807) is 31.2 Å². The predicted molar refractivity (Wildman–Crippen MR) is 67.7 cm³/mol. The van der Waals surface area contributed by atoms with Crippen molar-refractivity contribution in [1.29, 1.82) is 0 Å². The number of rotatable bonds is 6. The van der Waals surface area contributed by atoms with Gasteiger partial charge in [0.25, 0.3) is 0 Å². The van der Waals surface area contributed by atoms with Crippen LogP contribution in [-0.4, -0.2) is 32.9 Å². The highest BCUT2D eigenvalue weighted by Crippen LogP contribution is 2.19. The fourth-order valence-electron chi connectivity index (χ4n) is 1.51. The van der Waals surface area contributed by atoms with Crippen molar-refractivity contribution in [2.24, 2.45) is 0 Å². The van der Waals surface area contributed by atoms with Crippen LogP contribution >= 0.6 is 0 Å². The molecule has 0 aliphatic heterocycles. The Balaban J connectivity index is 2.81. The second kappa shape index (κ2) is 6.14. The van der Waals surface area contributed by atoms with E-state index in [1.165, 1.54) is 0 Å². The molecule has 96 valence electrons. The minimum atomic E-state index is -3.15. The molecule has 0 aliphatic carbocycles. The number of hydrogen-bond donors (Lipinski definition) is 2. The molecule has 1 unspecified atom stereocenters. The molecule has 1 aromatic rings. The predicted octanol–water partition coefficient (Wildman–Crippen LogP) is 1.12. The Labute approximate surface area is 103 Å². The molecular weight excluding hydrogens is 238 g/mol. The van der Waals surface area contributed by atoms with Gasteiger partial charge >= 0.3 is 0 Å². The van der Waals surface area contributed by atoms with Crippen molar-refractivity contribution in [3.63, 3.8) is 0 Å². The number of hydrogen-bond acceptors (Lipinski definition) is 4. The minimum absolute atomic E-state index is 0.0919. The first-order chi connectivity index (χ1) is 8.01. The summed E-state index contributed by atoms with van der Waals surface area (Å²) in [4.78, 5) is 0.310. The van der Waals surface area contributed by atoms with Gasteiger partial charge in [0.2, 0.25) is 0 Å². The molecule has 2 N–H and O–H groups in total. The molecule has 17 heavy (non-hydrogen) atoms. The molecule has 1 rings (SSSR count). The SMILES string of the molecule is CCS(=O)(=O)c1ccc(C(O)CCNC)cc1. The van der Waals surface area contributed by atoms with Crippen LogP contribution in [0.5, 0.6) is 0 Å². The number of aliphatic hydroxyl groups is 1. The quantitative estimate of drug-likeness (QED) is 0.801. The molecule has 5 heteroatoms. The zero-order valence-electron chi connectivity index (χ0n) is 10.2. The van der Waals surface area contributed by atoms with Gasteiger partial charge in [-0.2, -0.15) is 0 Å². The highest BCUT2D eigenvalue weighted by Gasteiger charge is 2.12. The first-order valence-electron chi connectivity index (χ1n) is 5.66. The van der Waals surface area contributed by atoms with Gasteiger partial charge in [-0.25, -0.2) is 8.42 Å². The topological polar surface area (TPSA) is 66.4 Å². The minimum Gasteiger partial charge on any atom is -0.388 e. The maximum Gasteiger partial charge on any atom is 0.178 e. The van der Waals surface area contributed by atoms with Crippen LogP contribution in [-0.2, 0) is 9.84 Å². The fourth-order valence-corrected chi connectivity index (χ4v) is 2.40. The standard InChI is InChI=1S/C12H19NO3S/c1-3-17(15,16)11-6-4-10(5-7-11)12(14)8-9-13-2/h4-7,12-14H,3,8-9H2,1-2H3. The van der Waals surface area contributed by atoms with Crippen molar-refractivity contribution in [1.82, 2.24) is 5.32 Å². The van der Waals surface area contributed by atoms with Crippen molar-refractivity contribution in [3.05, 3.63) is 29.8 Å². The summed E-state index contributed by atoms with van der Waals surface area (Å²) in [5.41, 5.74) is 0.746. The summed E-state index contributed by atoms with van der Waals surface area (Å²) in [5, 5.41) is 12.8. The van der Waals surface area contributed by atoms with Crippen LogP contribution in [0.4, 0.5) is 0 Å². The van der Waals surface area contributed by atoms with E-state index in [0.717, 1.165) is 12.1 Å². The van der Waals surface area contributed by atoms with Gasteiger partial charge in [0, 0.05) is 0 Å². The second-order valence-corrected chi connectivity index (χ2v) is 6.16. The lowest BCUT2D eigenvalue weighted by molar-refractivity contribution is 0.167. The summed E-state index contributed by atoms with van der Waals surface area (Å²) in [6.45, 7) is 2.33. The highest BCUT2D eigenvalue weighted by atomic mass is 32.2. The molecular formula is C12H19NO3S. The highest BCUT2D eigenvalue weighted by molar-refractivity contribution is 7.91. The average molecular weight is 257 g/mol. The van der Waals surface area contributed by atoms with Gasteiger partial charge in [0.1, 0.15) is 0 Å². The van der Waals surface area contributed by atoms with Crippen LogP contribution in [0.3, 0.4) is 0 Å². The summed E-state index contributed by atoms with van der Waals surface area (Å²) < 4.78 is 23.2. The molecule has 1 aromatic carbocycles.